The van der Waals surface area contributed by atoms with Crippen molar-refractivity contribution in [1.82, 2.24) is 5.43 Å². The van der Waals surface area contributed by atoms with Gasteiger partial charge in [0.2, 0.25) is 5.91 Å². The van der Waals surface area contributed by atoms with E-state index in [1.807, 2.05) is 43.3 Å². The van der Waals surface area contributed by atoms with Crippen molar-refractivity contribution in [3.8, 4) is 11.5 Å². The topological polar surface area (TPSA) is 106 Å². The lowest BCUT2D eigenvalue weighted by Gasteiger charge is -2.11. The smallest absolute Gasteiger partial charge is 0.343 e. The number of esters is 1. The minimum Gasteiger partial charge on any atom is -0.490 e. The van der Waals surface area contributed by atoms with Gasteiger partial charge in [-0.2, -0.15) is 5.10 Å². The summed E-state index contributed by atoms with van der Waals surface area (Å²) in [5.74, 6) is -0.545. The maximum absolute atomic E-state index is 12.5. The molecule has 0 aliphatic heterocycles. The number of nitrogens with zero attached hydrogens (tertiary/aromatic N) is 1. The molecule has 0 spiro atoms. The molecule has 8 nitrogen and oxygen atoms in total. The summed E-state index contributed by atoms with van der Waals surface area (Å²) in [5.41, 5.74) is 5.37. The predicted octanol–water partition coefficient (Wildman–Crippen LogP) is 5.72. The molecule has 2 N–H and O–H groups in total. The van der Waals surface area contributed by atoms with E-state index in [1.54, 1.807) is 72.8 Å². The Kier molecular flexibility index (Phi) is 9.55. The maximum atomic E-state index is 12.5. The van der Waals surface area contributed by atoms with Crippen LogP contribution in [0.3, 0.4) is 0 Å². The first-order chi connectivity index (χ1) is 19.5. The molecule has 2 amide bonds. The molecule has 200 valence electrons. The lowest BCUT2D eigenvalue weighted by atomic mass is 10.2. The fourth-order valence-electron chi connectivity index (χ4n) is 3.55. The first-order valence-electron chi connectivity index (χ1n) is 12.5. The van der Waals surface area contributed by atoms with E-state index in [-0.39, 0.29) is 11.7 Å². The number of amides is 2. The SMILES string of the molecule is CCOc1cc(/C=N\NC(=O)c2ccc(NC(=O)/C=C/c3ccccc3)cc2)ccc1OC(=O)c1ccccc1. The van der Waals surface area contributed by atoms with Crippen LogP contribution in [0.15, 0.2) is 114 Å². The van der Waals surface area contributed by atoms with Crippen LogP contribution in [0, 0.1) is 0 Å². The van der Waals surface area contributed by atoms with Crippen molar-refractivity contribution >= 4 is 35.8 Å². The van der Waals surface area contributed by atoms with Gasteiger partial charge in [-0.05, 0) is 78.7 Å². The minimum absolute atomic E-state index is 0.277. The number of carbonyl (C=O) groups excluding carboxylic acids is 3. The molecule has 0 aliphatic rings. The van der Waals surface area contributed by atoms with Crippen LogP contribution in [-0.2, 0) is 4.79 Å². The van der Waals surface area contributed by atoms with E-state index in [0.29, 0.717) is 34.7 Å². The van der Waals surface area contributed by atoms with Crippen LogP contribution in [0.1, 0.15) is 38.8 Å². The fourth-order valence-corrected chi connectivity index (χ4v) is 3.55. The van der Waals surface area contributed by atoms with Gasteiger partial charge in [0.25, 0.3) is 5.91 Å². The Morgan fingerprint density at radius 2 is 1.48 bits per heavy atom. The average Bonchev–Trinajstić information content (AvgIpc) is 2.99. The van der Waals surface area contributed by atoms with Gasteiger partial charge in [-0.3, -0.25) is 9.59 Å². The average molecular weight is 534 g/mol. The molecule has 0 fully saturated rings. The van der Waals surface area contributed by atoms with Crippen LogP contribution in [0.25, 0.3) is 6.08 Å². The van der Waals surface area contributed by atoms with Crippen LogP contribution >= 0.6 is 0 Å². The van der Waals surface area contributed by atoms with E-state index in [1.165, 1.54) is 12.3 Å². The van der Waals surface area contributed by atoms with E-state index < -0.39 is 11.9 Å². The molecular weight excluding hydrogens is 506 g/mol. The second-order valence-electron chi connectivity index (χ2n) is 8.40. The normalized spacial score (nSPS) is 10.8. The summed E-state index contributed by atoms with van der Waals surface area (Å²) in [5, 5.41) is 6.77. The molecule has 40 heavy (non-hydrogen) atoms. The number of ether oxygens (including phenoxy) is 2. The predicted molar refractivity (Wildman–Crippen MR) is 155 cm³/mol. The highest BCUT2D eigenvalue weighted by atomic mass is 16.6. The summed E-state index contributed by atoms with van der Waals surface area (Å²) in [6.45, 7) is 2.19. The van der Waals surface area contributed by atoms with Gasteiger partial charge in [0, 0.05) is 17.3 Å². The number of hydrogen-bond donors (Lipinski definition) is 2. The molecule has 0 unspecified atom stereocenters. The summed E-state index contributed by atoms with van der Waals surface area (Å²) < 4.78 is 11.1. The zero-order valence-electron chi connectivity index (χ0n) is 21.7. The summed E-state index contributed by atoms with van der Waals surface area (Å²) in [4.78, 5) is 37.1. The van der Waals surface area contributed by atoms with Gasteiger partial charge in [0.05, 0.1) is 18.4 Å². The quantitative estimate of drug-likeness (QED) is 0.0892. The summed E-state index contributed by atoms with van der Waals surface area (Å²) in [7, 11) is 0. The van der Waals surface area contributed by atoms with Crippen molar-refractivity contribution in [2.45, 2.75) is 6.92 Å². The number of hydrogen-bond acceptors (Lipinski definition) is 6. The Balaban J connectivity index is 1.32. The second-order valence-corrected chi connectivity index (χ2v) is 8.40. The van der Waals surface area contributed by atoms with Crippen LogP contribution < -0.4 is 20.2 Å². The van der Waals surface area contributed by atoms with Gasteiger partial charge in [0.1, 0.15) is 0 Å². The first kappa shape index (κ1) is 27.5. The van der Waals surface area contributed by atoms with Gasteiger partial charge in [-0.25, -0.2) is 10.2 Å². The number of rotatable bonds is 10. The molecule has 0 bridgehead atoms. The van der Waals surface area contributed by atoms with Crippen molar-refractivity contribution in [1.29, 1.82) is 0 Å². The molecule has 8 heteroatoms. The highest BCUT2D eigenvalue weighted by molar-refractivity contribution is 6.02. The van der Waals surface area contributed by atoms with Gasteiger partial charge in [-0.1, -0.05) is 48.5 Å². The third-order valence-electron chi connectivity index (χ3n) is 5.50. The lowest BCUT2D eigenvalue weighted by Crippen LogP contribution is -2.17. The number of anilines is 1. The van der Waals surface area contributed by atoms with Crippen molar-refractivity contribution in [2.24, 2.45) is 5.10 Å². The van der Waals surface area contributed by atoms with Crippen LogP contribution in [0.2, 0.25) is 0 Å². The molecule has 0 aliphatic carbocycles. The molecular formula is C32H27N3O5. The number of carbonyl (C=O) groups is 3. The third-order valence-corrected chi connectivity index (χ3v) is 5.50. The summed E-state index contributed by atoms with van der Waals surface area (Å²) in [6, 6.07) is 29.6. The number of benzene rings is 4. The summed E-state index contributed by atoms with van der Waals surface area (Å²) >= 11 is 0. The molecule has 4 aromatic rings. The Hall–Kier alpha value is -5.50. The van der Waals surface area contributed by atoms with E-state index in [2.05, 4.69) is 15.8 Å². The minimum atomic E-state index is -0.496. The highest BCUT2D eigenvalue weighted by Crippen LogP contribution is 2.29. The van der Waals surface area contributed by atoms with Crippen molar-refractivity contribution in [3.05, 3.63) is 131 Å². The van der Waals surface area contributed by atoms with Gasteiger partial charge < -0.3 is 14.8 Å². The molecule has 4 aromatic carbocycles. The maximum Gasteiger partial charge on any atom is 0.343 e. The van der Waals surface area contributed by atoms with E-state index >= 15 is 0 Å². The molecule has 0 aromatic heterocycles. The number of nitrogens with one attached hydrogen (secondary N) is 2. The van der Waals surface area contributed by atoms with Crippen molar-refractivity contribution < 1.29 is 23.9 Å². The largest absolute Gasteiger partial charge is 0.490 e. The highest BCUT2D eigenvalue weighted by Gasteiger charge is 2.13. The van der Waals surface area contributed by atoms with Crippen molar-refractivity contribution in [3.63, 3.8) is 0 Å². The Morgan fingerprint density at radius 3 is 2.17 bits per heavy atom. The van der Waals surface area contributed by atoms with Crippen LogP contribution in [0.5, 0.6) is 11.5 Å². The lowest BCUT2D eigenvalue weighted by molar-refractivity contribution is -0.111. The molecule has 4 rings (SSSR count). The van der Waals surface area contributed by atoms with Gasteiger partial charge in [0.15, 0.2) is 11.5 Å². The molecule has 0 heterocycles. The van der Waals surface area contributed by atoms with E-state index in [4.69, 9.17) is 9.47 Å². The molecule has 0 saturated carbocycles. The third kappa shape index (κ3) is 8.00. The fraction of sp³-hybridized carbons (Fsp3) is 0.0625. The zero-order valence-corrected chi connectivity index (χ0v) is 21.7. The van der Waals surface area contributed by atoms with Gasteiger partial charge >= 0.3 is 5.97 Å². The Morgan fingerprint density at radius 1 is 0.775 bits per heavy atom. The number of hydrazone groups is 1. The summed E-state index contributed by atoms with van der Waals surface area (Å²) in [6.07, 6.45) is 4.62. The zero-order chi connectivity index (χ0) is 28.2. The van der Waals surface area contributed by atoms with Gasteiger partial charge in [-0.15, -0.1) is 0 Å². The monoisotopic (exact) mass is 533 g/mol. The van der Waals surface area contributed by atoms with Crippen molar-refractivity contribution in [2.75, 3.05) is 11.9 Å². The second kappa shape index (κ2) is 13.9. The Labute approximate surface area is 232 Å². The standard InChI is InChI=1S/C32H27N3O5/c1-2-39-29-21-24(13-19-28(29)40-32(38)26-11-7-4-8-12-26)22-33-35-31(37)25-15-17-27(18-16-25)34-30(36)20-14-23-9-5-3-6-10-23/h3-22H,2H2,1H3,(H,34,36)(H,35,37)/b20-14+,33-22-. The van der Waals surface area contributed by atoms with Crippen LogP contribution in [-0.4, -0.2) is 30.6 Å². The Bertz CT molecular complexity index is 1520. The van der Waals surface area contributed by atoms with E-state index in [9.17, 15) is 14.4 Å². The first-order valence-corrected chi connectivity index (χ1v) is 12.5. The molecule has 0 saturated heterocycles. The molecule has 0 atom stereocenters. The molecule has 0 radical (unpaired) electrons. The van der Waals surface area contributed by atoms with Crippen LogP contribution in [0.4, 0.5) is 5.69 Å². The van der Waals surface area contributed by atoms with E-state index in [0.717, 1.165) is 5.56 Å².